The Morgan fingerprint density at radius 3 is 0.412 bits per heavy atom. The molecule has 0 amide bonds. The summed E-state index contributed by atoms with van der Waals surface area (Å²) >= 11 is 0. The third-order valence-electron chi connectivity index (χ3n) is 0. The quantitative estimate of drug-likeness (QED) is 0.275. The van der Waals surface area contributed by atoms with Crippen LogP contribution >= 0.6 is 0 Å². The summed E-state index contributed by atoms with van der Waals surface area (Å²) in [6, 6.07) is 0. The van der Waals surface area contributed by atoms with E-state index in [1.54, 1.807) is 0 Å². The van der Waals surface area contributed by atoms with Crippen molar-refractivity contribution in [2.24, 2.45) is 0 Å². The molecule has 13 heteroatoms. The van der Waals surface area contributed by atoms with E-state index >= 15 is 0 Å². The van der Waals surface area contributed by atoms with Crippen molar-refractivity contribution in [1.29, 1.82) is 0 Å². The molecule has 0 aromatic rings. The Morgan fingerprint density at radius 1 is 0.412 bits per heavy atom. The molecule has 0 heterocycles. The van der Waals surface area contributed by atoms with Gasteiger partial charge in [-0.3, -0.25) is 0 Å². The molecule has 0 saturated heterocycles. The second-order valence-electron chi connectivity index (χ2n) is 1.13. The molecule has 0 aliphatic carbocycles. The minimum atomic E-state index is -1.83. The molecule has 0 saturated carbocycles. The molecular formula is C4H10CaO12. The molecule has 0 aliphatic rings. The molecule has 0 bridgehead atoms. The molecule has 0 aromatic carbocycles. The van der Waals surface area contributed by atoms with E-state index < -0.39 is 24.6 Å². The van der Waals surface area contributed by atoms with Gasteiger partial charge < -0.3 is 40.9 Å². The van der Waals surface area contributed by atoms with Crippen molar-refractivity contribution < 1.29 is 60.0 Å². The molecule has 12 nitrogen and oxygen atoms in total. The molecule has 0 aliphatic heterocycles. The fourth-order valence-electron chi connectivity index (χ4n) is 0. The fraction of sp³-hybridized carbons (Fsp3) is 0. The average Bonchev–Trinajstić information content (AvgIpc) is 1.76. The van der Waals surface area contributed by atoms with Crippen LogP contribution in [0.3, 0.4) is 0 Å². The fourth-order valence-corrected chi connectivity index (χ4v) is 0. The average molecular weight is 290 g/mol. The van der Waals surface area contributed by atoms with Crippen LogP contribution in [0.25, 0.3) is 0 Å². The van der Waals surface area contributed by atoms with E-state index in [9.17, 15) is 0 Å². The van der Waals surface area contributed by atoms with Crippen LogP contribution in [0.1, 0.15) is 0 Å². The van der Waals surface area contributed by atoms with Crippen LogP contribution in [0.4, 0.5) is 19.2 Å². The molecule has 0 aromatic heterocycles. The predicted octanol–water partition coefficient (Wildman–Crippen LogP) is -0.0266. The van der Waals surface area contributed by atoms with Gasteiger partial charge >= 0.3 is 62.4 Å². The Hall–Kier alpha value is -1.66. The van der Waals surface area contributed by atoms with E-state index in [1.165, 1.54) is 0 Å². The molecule has 0 fully saturated rings. The molecule has 8 N–H and O–H groups in total. The molecule has 0 spiro atoms. The Bertz CT molecular complexity index is 159. The van der Waals surface area contributed by atoms with E-state index in [0.29, 0.717) is 0 Å². The van der Waals surface area contributed by atoms with Gasteiger partial charge in [-0.1, -0.05) is 0 Å². The summed E-state index contributed by atoms with van der Waals surface area (Å²) in [7, 11) is 0. The van der Waals surface area contributed by atoms with Gasteiger partial charge in [0.05, 0.1) is 0 Å². The maximum absolute atomic E-state index is 8.56. The normalized spacial score (nSPS) is 5.65. The van der Waals surface area contributed by atoms with Gasteiger partial charge in [-0.05, 0) is 0 Å². The Morgan fingerprint density at radius 2 is 0.412 bits per heavy atom. The van der Waals surface area contributed by atoms with E-state index in [-0.39, 0.29) is 37.7 Å². The zero-order valence-corrected chi connectivity index (χ0v) is 7.21. The first kappa shape index (κ1) is 29.5. The zero-order valence-electron chi connectivity index (χ0n) is 7.21. The third-order valence-corrected chi connectivity index (χ3v) is 0. The molecule has 100 valence electrons. The van der Waals surface area contributed by atoms with Gasteiger partial charge in [0.25, 0.3) is 0 Å². The first-order valence-corrected chi connectivity index (χ1v) is 2.61. The van der Waals surface area contributed by atoms with Gasteiger partial charge in [0.1, 0.15) is 0 Å². The van der Waals surface area contributed by atoms with Crippen LogP contribution < -0.4 is 0 Å². The Labute approximate surface area is 122 Å². The first-order chi connectivity index (χ1) is 6.93. The predicted molar refractivity (Wildman–Crippen MR) is 51.2 cm³/mol. The Kier molecular flexibility index (Phi) is 41.4. The van der Waals surface area contributed by atoms with Gasteiger partial charge in [0.15, 0.2) is 0 Å². The van der Waals surface area contributed by atoms with Crippen LogP contribution in [-0.4, -0.2) is 103 Å². The van der Waals surface area contributed by atoms with E-state index in [2.05, 4.69) is 0 Å². The molecular weight excluding hydrogens is 280 g/mol. The summed E-state index contributed by atoms with van der Waals surface area (Å²) < 4.78 is 0. The summed E-state index contributed by atoms with van der Waals surface area (Å²) in [4.78, 5) is 34.2. The molecule has 0 radical (unpaired) electrons. The van der Waals surface area contributed by atoms with Crippen molar-refractivity contribution in [3.8, 4) is 0 Å². The molecule has 17 heavy (non-hydrogen) atoms. The number of hydrogen-bond donors (Lipinski definition) is 8. The Balaban J connectivity index is -0.0000000369. The van der Waals surface area contributed by atoms with Crippen molar-refractivity contribution in [2.75, 3.05) is 0 Å². The topological polar surface area (TPSA) is 230 Å². The molecule has 0 atom stereocenters. The standard InChI is InChI=1S/4CH2O3.Ca.2H/c4*2-1(3)4;;;/h4*(H2,2,3,4);;;. The van der Waals surface area contributed by atoms with E-state index in [4.69, 9.17) is 60.0 Å². The van der Waals surface area contributed by atoms with Gasteiger partial charge in [-0.15, -0.1) is 0 Å². The van der Waals surface area contributed by atoms with Crippen molar-refractivity contribution in [3.63, 3.8) is 0 Å². The van der Waals surface area contributed by atoms with Crippen LogP contribution in [0.5, 0.6) is 0 Å². The second-order valence-corrected chi connectivity index (χ2v) is 1.13. The van der Waals surface area contributed by atoms with E-state index in [0.717, 1.165) is 0 Å². The molecule has 0 unspecified atom stereocenters. The van der Waals surface area contributed by atoms with Crippen molar-refractivity contribution >= 4 is 62.4 Å². The van der Waals surface area contributed by atoms with Crippen molar-refractivity contribution in [1.82, 2.24) is 0 Å². The maximum atomic E-state index is 8.56. The SMILES string of the molecule is O=C(O)O.O=C(O)O.O=C(O)O.O=C(O)O.[CaH2]. The van der Waals surface area contributed by atoms with Gasteiger partial charge in [0, 0.05) is 0 Å². The van der Waals surface area contributed by atoms with Gasteiger partial charge in [0.2, 0.25) is 0 Å². The van der Waals surface area contributed by atoms with Crippen LogP contribution in [-0.2, 0) is 0 Å². The minimum absolute atomic E-state index is 0. The monoisotopic (exact) mass is 290 g/mol. The molecule has 0 rings (SSSR count). The summed E-state index contributed by atoms with van der Waals surface area (Å²) in [5, 5.41) is 55.8. The number of carboxylic acid groups (broad SMARTS) is 8. The van der Waals surface area contributed by atoms with Gasteiger partial charge in [-0.25, -0.2) is 19.2 Å². The van der Waals surface area contributed by atoms with E-state index in [1.807, 2.05) is 0 Å². The summed E-state index contributed by atoms with van der Waals surface area (Å²) in [6.07, 6.45) is -7.33. The number of rotatable bonds is 0. The summed E-state index contributed by atoms with van der Waals surface area (Å²) in [5.74, 6) is 0. The zero-order chi connectivity index (χ0) is 14.3. The first-order valence-electron chi connectivity index (χ1n) is 2.61. The number of hydrogen-bond acceptors (Lipinski definition) is 4. The summed E-state index contributed by atoms with van der Waals surface area (Å²) in [6.45, 7) is 0. The second kappa shape index (κ2) is 23.9. The van der Waals surface area contributed by atoms with Crippen molar-refractivity contribution in [2.45, 2.75) is 0 Å². The third kappa shape index (κ3) is 792. The van der Waals surface area contributed by atoms with Crippen LogP contribution in [0, 0.1) is 0 Å². The summed E-state index contributed by atoms with van der Waals surface area (Å²) in [5.41, 5.74) is 0. The van der Waals surface area contributed by atoms with Crippen LogP contribution in [0.2, 0.25) is 0 Å². The van der Waals surface area contributed by atoms with Crippen molar-refractivity contribution in [3.05, 3.63) is 0 Å². The number of carbonyl (C=O) groups is 4. The van der Waals surface area contributed by atoms with Crippen LogP contribution in [0.15, 0.2) is 0 Å². The van der Waals surface area contributed by atoms with Gasteiger partial charge in [-0.2, -0.15) is 0 Å².